The van der Waals surface area contributed by atoms with Crippen LogP contribution in [0.15, 0.2) is 42.9 Å². The minimum Gasteiger partial charge on any atom is -0.266 e. The number of sulfonamides is 1. The van der Waals surface area contributed by atoms with E-state index in [-0.39, 0.29) is 11.4 Å². The molecule has 0 atom stereocenters. The van der Waals surface area contributed by atoms with Gasteiger partial charge in [-0.1, -0.05) is 18.2 Å². The summed E-state index contributed by atoms with van der Waals surface area (Å²) in [5.74, 6) is -0.860. The van der Waals surface area contributed by atoms with Crippen molar-refractivity contribution < 1.29 is 21.6 Å². The normalized spacial score (nSPS) is 12.1. The van der Waals surface area contributed by atoms with Crippen LogP contribution in [-0.4, -0.2) is 18.4 Å². The fraction of sp³-hybridized carbons (Fsp3) is 0.167. The number of hydrogen-bond acceptors (Lipinski definition) is 4. The monoisotopic (exact) mass is 317 g/mol. The van der Waals surface area contributed by atoms with Gasteiger partial charge in [0.15, 0.2) is 5.82 Å². The van der Waals surface area contributed by atoms with Gasteiger partial charge in [0.25, 0.3) is 0 Å². The molecule has 0 aliphatic rings. The minimum atomic E-state index is -4.61. The van der Waals surface area contributed by atoms with Gasteiger partial charge in [0.1, 0.15) is 0 Å². The third-order valence-corrected chi connectivity index (χ3v) is 3.70. The highest BCUT2D eigenvalue weighted by atomic mass is 32.2. The zero-order valence-corrected chi connectivity index (χ0v) is 11.3. The van der Waals surface area contributed by atoms with Crippen LogP contribution in [0.1, 0.15) is 11.1 Å². The quantitative estimate of drug-likeness (QED) is 0.940. The largest absolute Gasteiger partial charge is 0.416 e. The lowest BCUT2D eigenvalue weighted by atomic mass is 10.1. The Labute approximate surface area is 118 Å². The molecule has 0 aliphatic carbocycles. The number of nitrogens with one attached hydrogen (secondary N) is 1. The number of benzene rings is 1. The Kier molecular flexibility index (Phi) is 4.12. The molecule has 0 unspecified atom stereocenters. The molecule has 0 radical (unpaired) electrons. The first kappa shape index (κ1) is 15.2. The summed E-state index contributed by atoms with van der Waals surface area (Å²) >= 11 is 0. The van der Waals surface area contributed by atoms with Crippen LogP contribution < -0.4 is 4.72 Å². The highest BCUT2D eigenvalue weighted by Crippen LogP contribution is 2.32. The highest BCUT2D eigenvalue weighted by molar-refractivity contribution is 7.91. The molecule has 21 heavy (non-hydrogen) atoms. The lowest BCUT2D eigenvalue weighted by Gasteiger charge is -2.13. The van der Waals surface area contributed by atoms with E-state index in [1.54, 1.807) is 0 Å². The number of hydrogen-bond donors (Lipinski definition) is 1. The fourth-order valence-electron chi connectivity index (χ4n) is 1.67. The summed E-state index contributed by atoms with van der Waals surface area (Å²) in [7, 11) is -4.02. The maximum Gasteiger partial charge on any atom is 0.416 e. The predicted octanol–water partition coefficient (Wildman–Crippen LogP) is 2.44. The van der Waals surface area contributed by atoms with Crippen molar-refractivity contribution in [1.82, 2.24) is 9.97 Å². The summed E-state index contributed by atoms with van der Waals surface area (Å²) in [6.07, 6.45) is -0.843. The van der Waals surface area contributed by atoms with Gasteiger partial charge < -0.3 is 0 Å². The van der Waals surface area contributed by atoms with E-state index in [2.05, 4.69) is 14.7 Å². The SMILES string of the molecule is O=S(=O)(Cc1ccccc1C(F)(F)F)Nc1cnccn1. The van der Waals surface area contributed by atoms with Crippen molar-refractivity contribution in [2.45, 2.75) is 11.9 Å². The van der Waals surface area contributed by atoms with Crippen LogP contribution in [0.4, 0.5) is 19.0 Å². The van der Waals surface area contributed by atoms with E-state index in [4.69, 9.17) is 0 Å². The molecular weight excluding hydrogens is 307 g/mol. The van der Waals surface area contributed by atoms with Gasteiger partial charge in [0.2, 0.25) is 10.0 Å². The first-order valence-electron chi connectivity index (χ1n) is 5.69. The predicted molar refractivity (Wildman–Crippen MR) is 69.7 cm³/mol. The molecule has 0 spiro atoms. The Morgan fingerprint density at radius 2 is 1.86 bits per heavy atom. The fourth-order valence-corrected chi connectivity index (χ4v) is 2.83. The first-order valence-corrected chi connectivity index (χ1v) is 7.35. The molecule has 0 amide bonds. The maximum atomic E-state index is 12.8. The lowest BCUT2D eigenvalue weighted by molar-refractivity contribution is -0.138. The summed E-state index contributed by atoms with van der Waals surface area (Å²) in [4.78, 5) is 7.36. The number of alkyl halides is 3. The Hall–Kier alpha value is -2.16. The van der Waals surface area contributed by atoms with Crippen LogP contribution in [-0.2, 0) is 22.0 Å². The standard InChI is InChI=1S/C12H10F3N3O2S/c13-12(14,15)10-4-2-1-3-9(10)8-21(19,20)18-11-7-16-5-6-17-11/h1-7H,8H2,(H,17,18). The third-order valence-electron chi connectivity index (χ3n) is 2.49. The van der Waals surface area contributed by atoms with Crippen molar-refractivity contribution in [3.05, 3.63) is 54.0 Å². The van der Waals surface area contributed by atoms with Crippen LogP contribution in [0.2, 0.25) is 0 Å². The first-order chi connectivity index (χ1) is 9.78. The zero-order valence-electron chi connectivity index (χ0n) is 10.5. The van der Waals surface area contributed by atoms with Crippen molar-refractivity contribution in [2.75, 3.05) is 4.72 Å². The van der Waals surface area contributed by atoms with E-state index in [0.717, 1.165) is 18.3 Å². The van der Waals surface area contributed by atoms with Crippen LogP contribution in [0.3, 0.4) is 0 Å². The van der Waals surface area contributed by atoms with Gasteiger partial charge in [-0.25, -0.2) is 13.4 Å². The molecule has 0 saturated carbocycles. The number of aromatic nitrogens is 2. The van der Waals surface area contributed by atoms with Gasteiger partial charge in [-0.3, -0.25) is 9.71 Å². The highest BCUT2D eigenvalue weighted by Gasteiger charge is 2.34. The van der Waals surface area contributed by atoms with Crippen molar-refractivity contribution >= 4 is 15.8 Å². The molecule has 112 valence electrons. The molecule has 1 N–H and O–H groups in total. The maximum absolute atomic E-state index is 12.8. The number of halogens is 3. The Bertz CT molecular complexity index is 718. The molecule has 5 nitrogen and oxygen atoms in total. The van der Waals surface area contributed by atoms with Crippen LogP contribution in [0.25, 0.3) is 0 Å². The second-order valence-electron chi connectivity index (χ2n) is 4.11. The second kappa shape index (κ2) is 5.68. The smallest absolute Gasteiger partial charge is 0.266 e. The molecule has 0 aliphatic heterocycles. The molecular formula is C12H10F3N3O2S. The van der Waals surface area contributed by atoms with Gasteiger partial charge in [-0.2, -0.15) is 13.2 Å². The van der Waals surface area contributed by atoms with Crippen LogP contribution in [0.5, 0.6) is 0 Å². The van der Waals surface area contributed by atoms with E-state index in [0.29, 0.717) is 0 Å². The Balaban J connectivity index is 2.26. The van der Waals surface area contributed by atoms with Crippen molar-refractivity contribution in [3.63, 3.8) is 0 Å². The molecule has 1 aromatic carbocycles. The summed E-state index contributed by atoms with van der Waals surface area (Å²) in [6, 6.07) is 4.52. The topological polar surface area (TPSA) is 72.0 Å². The molecule has 2 rings (SSSR count). The van der Waals surface area contributed by atoms with Gasteiger partial charge in [0.05, 0.1) is 17.5 Å². The lowest BCUT2D eigenvalue weighted by Crippen LogP contribution is -2.18. The molecule has 0 saturated heterocycles. The molecule has 0 fully saturated rings. The molecule has 2 aromatic rings. The average Bonchev–Trinajstić information content (AvgIpc) is 2.38. The van der Waals surface area contributed by atoms with Crippen LogP contribution in [0, 0.1) is 0 Å². The Morgan fingerprint density at radius 1 is 1.14 bits per heavy atom. The van der Waals surface area contributed by atoms with Crippen molar-refractivity contribution in [1.29, 1.82) is 0 Å². The summed E-state index contributed by atoms with van der Waals surface area (Å²) < 4.78 is 64.3. The minimum absolute atomic E-state index is 0.0537. The van der Waals surface area contributed by atoms with Crippen molar-refractivity contribution in [2.24, 2.45) is 0 Å². The Morgan fingerprint density at radius 3 is 2.48 bits per heavy atom. The van der Waals surface area contributed by atoms with Gasteiger partial charge in [0, 0.05) is 12.4 Å². The zero-order chi connectivity index (χ0) is 15.5. The summed E-state index contributed by atoms with van der Waals surface area (Å²) in [6.45, 7) is 0. The average molecular weight is 317 g/mol. The number of rotatable bonds is 4. The second-order valence-corrected chi connectivity index (χ2v) is 5.83. The summed E-state index contributed by atoms with van der Waals surface area (Å²) in [5.41, 5.74) is -1.31. The van der Waals surface area contributed by atoms with Gasteiger partial charge in [-0.15, -0.1) is 0 Å². The van der Waals surface area contributed by atoms with E-state index < -0.39 is 27.5 Å². The van der Waals surface area contributed by atoms with Gasteiger partial charge >= 0.3 is 6.18 Å². The molecule has 1 heterocycles. The van der Waals surface area contributed by atoms with Crippen molar-refractivity contribution in [3.8, 4) is 0 Å². The van der Waals surface area contributed by atoms with E-state index in [9.17, 15) is 21.6 Å². The molecule has 1 aromatic heterocycles. The van der Waals surface area contributed by atoms with Gasteiger partial charge in [-0.05, 0) is 11.6 Å². The third kappa shape index (κ3) is 4.15. The van der Waals surface area contributed by atoms with Crippen LogP contribution >= 0.6 is 0 Å². The van der Waals surface area contributed by atoms with E-state index in [1.165, 1.54) is 24.5 Å². The summed E-state index contributed by atoms with van der Waals surface area (Å²) in [5, 5.41) is 0. The number of anilines is 1. The van der Waals surface area contributed by atoms with E-state index >= 15 is 0 Å². The number of nitrogens with zero attached hydrogens (tertiary/aromatic N) is 2. The molecule has 0 bridgehead atoms. The molecule has 9 heteroatoms. The van der Waals surface area contributed by atoms with E-state index in [1.807, 2.05) is 0 Å².